The molecule has 0 unspecified atom stereocenters. The fraction of sp³-hybridized carbons (Fsp3) is 0.240. The molecule has 0 bridgehead atoms. The molecule has 1 aliphatic heterocycles. The van der Waals surface area contributed by atoms with Gasteiger partial charge in [-0.2, -0.15) is 5.10 Å². The van der Waals surface area contributed by atoms with Gasteiger partial charge in [0.2, 0.25) is 0 Å². The van der Waals surface area contributed by atoms with Crippen LogP contribution in [0, 0.1) is 12.7 Å². The number of rotatable bonds is 3. The minimum atomic E-state index is -0.385. The number of fused-ring (bicyclic) bond motifs is 1. The molecule has 156 valence electrons. The van der Waals surface area contributed by atoms with Crippen molar-refractivity contribution in [2.45, 2.75) is 32.2 Å². The van der Waals surface area contributed by atoms with E-state index in [1.54, 1.807) is 24.4 Å². The number of pyridine rings is 1. The van der Waals surface area contributed by atoms with Crippen LogP contribution in [0.3, 0.4) is 0 Å². The lowest BCUT2D eigenvalue weighted by molar-refractivity contribution is 0.0613. The first-order chi connectivity index (χ1) is 15.1. The molecule has 0 spiro atoms. The van der Waals surface area contributed by atoms with Crippen LogP contribution in [0.5, 0.6) is 0 Å². The molecule has 2 aromatic carbocycles. The Labute approximate surface area is 180 Å². The standard InChI is InChI=1S/C25H23FN4O/c1-17-15-19(20-16-27-30(24(20)28-17)23-13-6-5-11-21(23)26)25(31)29-14-8-7-12-22(29)18-9-3-2-4-10-18/h2-6,9-11,13,15-16,22H,7-8,12,14H2,1H3/t22-/m1/s1. The lowest BCUT2D eigenvalue weighted by Crippen LogP contribution is -2.38. The first-order valence-corrected chi connectivity index (χ1v) is 10.6. The molecule has 1 aliphatic rings. The van der Waals surface area contributed by atoms with E-state index in [4.69, 9.17) is 0 Å². The summed E-state index contributed by atoms with van der Waals surface area (Å²) in [7, 11) is 0. The number of aromatic nitrogens is 3. The van der Waals surface area contributed by atoms with Gasteiger partial charge in [-0.1, -0.05) is 42.5 Å². The van der Waals surface area contributed by atoms with Crippen LogP contribution in [0.15, 0.2) is 66.9 Å². The second-order valence-electron chi connectivity index (χ2n) is 7.98. The number of hydrogen-bond acceptors (Lipinski definition) is 3. The van der Waals surface area contributed by atoms with E-state index in [9.17, 15) is 9.18 Å². The van der Waals surface area contributed by atoms with Gasteiger partial charge in [0.25, 0.3) is 5.91 Å². The monoisotopic (exact) mass is 414 g/mol. The zero-order chi connectivity index (χ0) is 21.4. The molecule has 2 aromatic heterocycles. The number of amides is 1. The number of likely N-dealkylation sites (tertiary alicyclic amines) is 1. The van der Waals surface area contributed by atoms with Gasteiger partial charge in [0.1, 0.15) is 11.5 Å². The van der Waals surface area contributed by atoms with Gasteiger partial charge in [0.15, 0.2) is 5.65 Å². The number of aryl methyl sites for hydroxylation is 1. The summed E-state index contributed by atoms with van der Waals surface area (Å²) in [4.78, 5) is 20.3. The average molecular weight is 414 g/mol. The summed E-state index contributed by atoms with van der Waals surface area (Å²) < 4.78 is 15.9. The largest absolute Gasteiger partial charge is 0.332 e. The molecule has 1 amide bonds. The first kappa shape index (κ1) is 19.4. The molecule has 1 saturated heterocycles. The summed E-state index contributed by atoms with van der Waals surface area (Å²) in [5.74, 6) is -0.416. The predicted octanol–water partition coefficient (Wildman–Crippen LogP) is 5.24. The van der Waals surface area contributed by atoms with E-state index in [0.717, 1.165) is 24.8 Å². The zero-order valence-electron chi connectivity index (χ0n) is 17.3. The van der Waals surface area contributed by atoms with Gasteiger partial charge in [0, 0.05) is 12.2 Å². The van der Waals surface area contributed by atoms with Gasteiger partial charge < -0.3 is 4.90 Å². The Morgan fingerprint density at radius 3 is 2.65 bits per heavy atom. The van der Waals surface area contributed by atoms with Gasteiger partial charge in [-0.25, -0.2) is 14.1 Å². The maximum Gasteiger partial charge on any atom is 0.255 e. The Morgan fingerprint density at radius 2 is 1.84 bits per heavy atom. The minimum absolute atomic E-state index is 0.0304. The molecule has 1 fully saturated rings. The van der Waals surface area contributed by atoms with E-state index in [0.29, 0.717) is 34.5 Å². The Morgan fingerprint density at radius 1 is 1.06 bits per heavy atom. The van der Waals surface area contributed by atoms with Crippen molar-refractivity contribution in [1.29, 1.82) is 0 Å². The number of piperidine rings is 1. The molecule has 31 heavy (non-hydrogen) atoms. The molecule has 1 atom stereocenters. The van der Waals surface area contributed by atoms with Gasteiger partial charge in [-0.05, 0) is 49.9 Å². The van der Waals surface area contributed by atoms with E-state index >= 15 is 0 Å². The van der Waals surface area contributed by atoms with Crippen LogP contribution in [-0.2, 0) is 0 Å². The number of nitrogens with zero attached hydrogens (tertiary/aromatic N) is 4. The highest BCUT2D eigenvalue weighted by Crippen LogP contribution is 2.33. The highest BCUT2D eigenvalue weighted by molar-refractivity contribution is 6.06. The van der Waals surface area contributed by atoms with E-state index in [-0.39, 0.29) is 17.8 Å². The third-order valence-corrected chi connectivity index (χ3v) is 5.93. The second kappa shape index (κ2) is 7.95. The Kier molecular flexibility index (Phi) is 4.98. The topological polar surface area (TPSA) is 51.0 Å². The van der Waals surface area contributed by atoms with Crippen LogP contribution in [0.1, 0.15) is 46.9 Å². The van der Waals surface area contributed by atoms with Crippen LogP contribution in [0.25, 0.3) is 16.7 Å². The first-order valence-electron chi connectivity index (χ1n) is 10.6. The molecule has 0 aliphatic carbocycles. The molecule has 6 heteroatoms. The number of benzene rings is 2. The SMILES string of the molecule is Cc1cc(C(=O)N2CCCC[C@@H]2c2ccccc2)c2cnn(-c3ccccc3F)c2n1. The smallest absolute Gasteiger partial charge is 0.255 e. The van der Waals surface area contributed by atoms with Crippen molar-refractivity contribution in [3.05, 3.63) is 89.5 Å². The molecule has 5 nitrogen and oxygen atoms in total. The Bertz CT molecular complexity index is 1250. The van der Waals surface area contributed by atoms with Crippen molar-refractivity contribution in [2.24, 2.45) is 0 Å². The van der Waals surface area contributed by atoms with E-state index in [1.165, 1.54) is 10.7 Å². The van der Waals surface area contributed by atoms with Crippen molar-refractivity contribution >= 4 is 16.9 Å². The number of halogens is 1. The lowest BCUT2D eigenvalue weighted by atomic mass is 9.94. The van der Waals surface area contributed by atoms with E-state index < -0.39 is 0 Å². The summed E-state index contributed by atoms with van der Waals surface area (Å²) in [6.45, 7) is 2.56. The number of carbonyl (C=O) groups is 1. The van der Waals surface area contributed by atoms with Gasteiger partial charge in [-0.15, -0.1) is 0 Å². The Hall–Kier alpha value is -3.54. The summed E-state index contributed by atoms with van der Waals surface area (Å²) in [5, 5.41) is 5.01. The summed E-state index contributed by atoms with van der Waals surface area (Å²) in [6, 6.07) is 18.5. The van der Waals surface area contributed by atoms with Gasteiger partial charge in [0.05, 0.1) is 23.2 Å². The van der Waals surface area contributed by atoms with Crippen LogP contribution < -0.4 is 0 Å². The van der Waals surface area contributed by atoms with Crippen LogP contribution >= 0.6 is 0 Å². The molecule has 5 rings (SSSR count). The molecule has 0 N–H and O–H groups in total. The number of hydrogen-bond donors (Lipinski definition) is 0. The molecule has 0 saturated carbocycles. The predicted molar refractivity (Wildman–Crippen MR) is 118 cm³/mol. The summed E-state index contributed by atoms with van der Waals surface area (Å²) >= 11 is 0. The fourth-order valence-corrected chi connectivity index (χ4v) is 4.45. The van der Waals surface area contributed by atoms with Crippen LogP contribution in [0.2, 0.25) is 0 Å². The fourth-order valence-electron chi connectivity index (χ4n) is 4.45. The molecule has 0 radical (unpaired) electrons. The van der Waals surface area contributed by atoms with Crippen molar-refractivity contribution in [3.8, 4) is 5.69 Å². The molecular weight excluding hydrogens is 391 g/mol. The Balaban J connectivity index is 1.60. The van der Waals surface area contributed by atoms with Crippen LogP contribution in [0.4, 0.5) is 4.39 Å². The van der Waals surface area contributed by atoms with Crippen LogP contribution in [-0.4, -0.2) is 32.1 Å². The third kappa shape index (κ3) is 3.48. The maximum absolute atomic E-state index is 14.4. The second-order valence-corrected chi connectivity index (χ2v) is 7.98. The summed E-state index contributed by atoms with van der Waals surface area (Å²) in [6.07, 6.45) is 4.64. The van der Waals surface area contributed by atoms with Crippen molar-refractivity contribution in [1.82, 2.24) is 19.7 Å². The van der Waals surface area contributed by atoms with Crippen molar-refractivity contribution in [2.75, 3.05) is 6.54 Å². The minimum Gasteiger partial charge on any atom is -0.332 e. The van der Waals surface area contributed by atoms with Gasteiger partial charge >= 0.3 is 0 Å². The number of para-hydroxylation sites is 1. The summed E-state index contributed by atoms with van der Waals surface area (Å²) in [5.41, 5.74) is 3.21. The quantitative estimate of drug-likeness (QED) is 0.461. The molecule has 4 aromatic rings. The third-order valence-electron chi connectivity index (χ3n) is 5.93. The van der Waals surface area contributed by atoms with Gasteiger partial charge in [-0.3, -0.25) is 4.79 Å². The average Bonchev–Trinajstić information content (AvgIpc) is 3.22. The normalized spacial score (nSPS) is 16.6. The zero-order valence-corrected chi connectivity index (χ0v) is 17.3. The maximum atomic E-state index is 14.4. The van der Waals surface area contributed by atoms with Crippen molar-refractivity contribution < 1.29 is 9.18 Å². The number of carbonyl (C=O) groups excluding carboxylic acids is 1. The highest BCUT2D eigenvalue weighted by atomic mass is 19.1. The van der Waals surface area contributed by atoms with Crippen molar-refractivity contribution in [3.63, 3.8) is 0 Å². The molecule has 3 heterocycles. The lowest BCUT2D eigenvalue weighted by Gasteiger charge is -2.36. The molecular formula is C25H23FN4O. The highest BCUT2D eigenvalue weighted by Gasteiger charge is 2.30. The van der Waals surface area contributed by atoms with E-state index in [2.05, 4.69) is 22.2 Å². The van der Waals surface area contributed by atoms with E-state index in [1.807, 2.05) is 36.1 Å².